The number of hydrogen-bond acceptors (Lipinski definition) is 4. The fourth-order valence-electron chi connectivity index (χ4n) is 4.13. The first-order chi connectivity index (χ1) is 15.5. The zero-order valence-electron chi connectivity index (χ0n) is 18.5. The molecular formula is C27H28N2O3. The first kappa shape index (κ1) is 21.9. The standard InChI is InChI=1S/C27H28N2O3/c1-19-16-29(17-20(2)32-19)18-21-11-13-23(14-12-21)27(31)28-25-10-6-9-24(15-25)26(30)22-7-4-3-5-8-22/h3-15,19-20H,16-18H2,1-2H3,(H,28,31). The third-order valence-corrected chi connectivity index (χ3v) is 5.54. The molecule has 0 spiro atoms. The fourth-order valence-corrected chi connectivity index (χ4v) is 4.13. The van der Waals surface area contributed by atoms with Gasteiger partial charge in [0.05, 0.1) is 12.2 Å². The van der Waals surface area contributed by atoms with Gasteiger partial charge in [-0.3, -0.25) is 14.5 Å². The van der Waals surface area contributed by atoms with E-state index in [2.05, 4.69) is 24.1 Å². The van der Waals surface area contributed by atoms with E-state index >= 15 is 0 Å². The highest BCUT2D eigenvalue weighted by atomic mass is 16.5. The van der Waals surface area contributed by atoms with Crippen LogP contribution < -0.4 is 5.32 Å². The summed E-state index contributed by atoms with van der Waals surface area (Å²) in [5, 5.41) is 2.90. The van der Waals surface area contributed by atoms with Crippen LogP contribution in [0.25, 0.3) is 0 Å². The van der Waals surface area contributed by atoms with Gasteiger partial charge in [0.2, 0.25) is 0 Å². The van der Waals surface area contributed by atoms with E-state index in [0.29, 0.717) is 22.4 Å². The molecule has 5 nitrogen and oxygen atoms in total. The molecule has 1 aliphatic rings. The second kappa shape index (κ2) is 9.90. The van der Waals surface area contributed by atoms with Gasteiger partial charge in [-0.1, -0.05) is 54.6 Å². The van der Waals surface area contributed by atoms with Crippen LogP contribution in [-0.4, -0.2) is 41.9 Å². The minimum absolute atomic E-state index is 0.0715. The quantitative estimate of drug-likeness (QED) is 0.574. The maximum absolute atomic E-state index is 12.7. The Morgan fingerprint density at radius 1 is 0.844 bits per heavy atom. The van der Waals surface area contributed by atoms with Gasteiger partial charge in [0.1, 0.15) is 0 Å². The van der Waals surface area contributed by atoms with Crippen LogP contribution in [-0.2, 0) is 11.3 Å². The smallest absolute Gasteiger partial charge is 0.255 e. The molecule has 0 radical (unpaired) electrons. The molecule has 32 heavy (non-hydrogen) atoms. The number of rotatable bonds is 6. The first-order valence-electron chi connectivity index (χ1n) is 11.0. The normalized spacial score (nSPS) is 18.8. The lowest BCUT2D eigenvalue weighted by Crippen LogP contribution is -2.44. The van der Waals surface area contributed by atoms with E-state index in [0.717, 1.165) is 19.6 Å². The van der Waals surface area contributed by atoms with Crippen molar-refractivity contribution in [3.8, 4) is 0 Å². The Bertz CT molecular complexity index is 1070. The summed E-state index contributed by atoms with van der Waals surface area (Å²) in [6, 6.07) is 23.8. The molecular weight excluding hydrogens is 400 g/mol. The summed E-state index contributed by atoms with van der Waals surface area (Å²) in [5.74, 6) is -0.271. The predicted molar refractivity (Wildman–Crippen MR) is 126 cm³/mol. The highest BCUT2D eigenvalue weighted by Crippen LogP contribution is 2.18. The Morgan fingerprint density at radius 3 is 2.19 bits per heavy atom. The zero-order valence-corrected chi connectivity index (χ0v) is 18.5. The van der Waals surface area contributed by atoms with E-state index in [-0.39, 0.29) is 23.9 Å². The average Bonchev–Trinajstić information content (AvgIpc) is 2.79. The van der Waals surface area contributed by atoms with Crippen molar-refractivity contribution in [2.75, 3.05) is 18.4 Å². The molecule has 4 rings (SSSR count). The van der Waals surface area contributed by atoms with E-state index in [4.69, 9.17) is 4.74 Å². The van der Waals surface area contributed by atoms with Crippen molar-refractivity contribution in [2.45, 2.75) is 32.6 Å². The summed E-state index contributed by atoms with van der Waals surface area (Å²) in [4.78, 5) is 27.8. The lowest BCUT2D eigenvalue weighted by Gasteiger charge is -2.35. The van der Waals surface area contributed by atoms with Crippen LogP contribution in [0.15, 0.2) is 78.9 Å². The number of ether oxygens (including phenoxy) is 1. The number of carbonyl (C=O) groups is 2. The molecule has 1 saturated heterocycles. The SMILES string of the molecule is CC1CN(Cc2ccc(C(=O)Nc3cccc(C(=O)c4ccccc4)c3)cc2)CC(C)O1. The van der Waals surface area contributed by atoms with E-state index in [9.17, 15) is 9.59 Å². The average molecular weight is 429 g/mol. The number of nitrogens with zero attached hydrogens (tertiary/aromatic N) is 1. The predicted octanol–water partition coefficient (Wildman–Crippen LogP) is 4.78. The number of amides is 1. The highest BCUT2D eigenvalue weighted by Gasteiger charge is 2.22. The maximum Gasteiger partial charge on any atom is 0.255 e. The lowest BCUT2D eigenvalue weighted by molar-refractivity contribution is -0.0704. The fraction of sp³-hybridized carbons (Fsp3) is 0.259. The molecule has 2 unspecified atom stereocenters. The second-order valence-electron chi connectivity index (χ2n) is 8.38. The number of ketones is 1. The minimum Gasteiger partial charge on any atom is -0.373 e. The molecule has 2 atom stereocenters. The van der Waals surface area contributed by atoms with Gasteiger partial charge in [-0.2, -0.15) is 0 Å². The van der Waals surface area contributed by atoms with E-state index < -0.39 is 0 Å². The largest absolute Gasteiger partial charge is 0.373 e. The maximum atomic E-state index is 12.7. The number of anilines is 1. The van der Waals surface area contributed by atoms with E-state index in [1.54, 1.807) is 36.4 Å². The molecule has 5 heteroatoms. The second-order valence-corrected chi connectivity index (χ2v) is 8.38. The van der Waals surface area contributed by atoms with Crippen LogP contribution in [0.4, 0.5) is 5.69 Å². The van der Waals surface area contributed by atoms with Gasteiger partial charge in [0, 0.05) is 42.0 Å². The molecule has 0 aliphatic carbocycles. The van der Waals surface area contributed by atoms with Crippen molar-refractivity contribution in [1.82, 2.24) is 4.90 Å². The summed E-state index contributed by atoms with van der Waals surface area (Å²) in [5.41, 5.74) is 3.50. The minimum atomic E-state index is -0.200. The van der Waals surface area contributed by atoms with Crippen molar-refractivity contribution in [2.24, 2.45) is 0 Å². The summed E-state index contributed by atoms with van der Waals surface area (Å²) in [6.07, 6.45) is 0.460. The Hall–Kier alpha value is -3.28. The molecule has 164 valence electrons. The van der Waals surface area contributed by atoms with Crippen LogP contribution >= 0.6 is 0 Å². The van der Waals surface area contributed by atoms with Crippen LogP contribution in [0.5, 0.6) is 0 Å². The highest BCUT2D eigenvalue weighted by molar-refractivity contribution is 6.10. The molecule has 3 aromatic carbocycles. The van der Waals surface area contributed by atoms with Gasteiger partial charge >= 0.3 is 0 Å². The summed E-state index contributed by atoms with van der Waals surface area (Å²) >= 11 is 0. The van der Waals surface area contributed by atoms with Gasteiger partial charge in [0.25, 0.3) is 5.91 Å². The molecule has 1 amide bonds. The molecule has 1 N–H and O–H groups in total. The lowest BCUT2D eigenvalue weighted by atomic mass is 10.0. The number of morpholine rings is 1. The summed E-state index contributed by atoms with van der Waals surface area (Å²) in [6.45, 7) is 6.84. The number of benzene rings is 3. The van der Waals surface area contributed by atoms with Crippen molar-refractivity contribution in [1.29, 1.82) is 0 Å². The van der Waals surface area contributed by atoms with Crippen LogP contribution in [0, 0.1) is 0 Å². The van der Waals surface area contributed by atoms with Crippen LogP contribution in [0.1, 0.15) is 45.7 Å². The van der Waals surface area contributed by atoms with Crippen molar-refractivity contribution < 1.29 is 14.3 Å². The monoisotopic (exact) mass is 428 g/mol. The first-order valence-corrected chi connectivity index (χ1v) is 11.0. The van der Waals surface area contributed by atoms with Gasteiger partial charge < -0.3 is 10.1 Å². The molecule has 0 saturated carbocycles. The molecule has 1 aliphatic heterocycles. The van der Waals surface area contributed by atoms with Gasteiger partial charge in [-0.05, 0) is 43.7 Å². The molecule has 0 bridgehead atoms. The number of carbonyl (C=O) groups excluding carboxylic acids is 2. The Balaban J connectivity index is 1.39. The molecule has 1 heterocycles. The number of hydrogen-bond donors (Lipinski definition) is 1. The summed E-state index contributed by atoms with van der Waals surface area (Å²) in [7, 11) is 0. The molecule has 1 fully saturated rings. The Kier molecular flexibility index (Phi) is 6.78. The topological polar surface area (TPSA) is 58.6 Å². The summed E-state index contributed by atoms with van der Waals surface area (Å²) < 4.78 is 5.79. The zero-order chi connectivity index (χ0) is 22.5. The Morgan fingerprint density at radius 2 is 1.50 bits per heavy atom. The van der Waals surface area contributed by atoms with E-state index in [1.807, 2.05) is 42.5 Å². The van der Waals surface area contributed by atoms with Crippen LogP contribution in [0.2, 0.25) is 0 Å². The Labute approximate surface area is 189 Å². The van der Waals surface area contributed by atoms with Gasteiger partial charge in [0.15, 0.2) is 5.78 Å². The van der Waals surface area contributed by atoms with E-state index in [1.165, 1.54) is 5.56 Å². The third kappa shape index (κ3) is 5.49. The third-order valence-electron chi connectivity index (χ3n) is 5.54. The number of nitrogens with one attached hydrogen (secondary N) is 1. The van der Waals surface area contributed by atoms with Crippen molar-refractivity contribution in [3.05, 3.63) is 101 Å². The van der Waals surface area contributed by atoms with Crippen LogP contribution in [0.3, 0.4) is 0 Å². The van der Waals surface area contributed by atoms with Crippen molar-refractivity contribution in [3.63, 3.8) is 0 Å². The van der Waals surface area contributed by atoms with Crippen molar-refractivity contribution >= 4 is 17.4 Å². The molecule has 0 aromatic heterocycles. The van der Waals surface area contributed by atoms with Gasteiger partial charge in [-0.15, -0.1) is 0 Å². The van der Waals surface area contributed by atoms with Gasteiger partial charge in [-0.25, -0.2) is 0 Å². The molecule has 3 aromatic rings.